The third-order valence-electron chi connectivity index (χ3n) is 4.75. The number of nitrogens with one attached hydrogen (secondary N) is 2. The maximum absolute atomic E-state index is 12.8. The Hall–Kier alpha value is -3.56. The maximum atomic E-state index is 12.8. The Labute approximate surface area is 196 Å². The fourth-order valence-corrected chi connectivity index (χ4v) is 4.32. The van der Waals surface area contributed by atoms with Crippen LogP contribution in [0.4, 0.5) is 5.69 Å². The van der Waals surface area contributed by atoms with Gasteiger partial charge in [-0.2, -0.15) is 0 Å². The SMILES string of the molecule is COc1ccc(CCNC(=O)c2ccccc2NS(=O)(=O)c2ccc(Cl)c(C(=O)O)c2)cc1. The summed E-state index contributed by atoms with van der Waals surface area (Å²) in [5.74, 6) is -1.07. The number of ether oxygens (including phenoxy) is 1. The Morgan fingerprint density at radius 1 is 1.00 bits per heavy atom. The van der Waals surface area contributed by atoms with E-state index in [0.717, 1.165) is 17.4 Å². The number of carboxylic acid groups (broad SMARTS) is 1. The average molecular weight is 489 g/mol. The number of carbonyl (C=O) groups excluding carboxylic acids is 1. The molecule has 172 valence electrons. The van der Waals surface area contributed by atoms with E-state index in [1.54, 1.807) is 19.2 Å². The van der Waals surface area contributed by atoms with Crippen LogP contribution in [0.25, 0.3) is 0 Å². The molecule has 1 amide bonds. The van der Waals surface area contributed by atoms with Crippen LogP contribution < -0.4 is 14.8 Å². The second-order valence-corrected chi connectivity index (χ2v) is 9.04. The Morgan fingerprint density at radius 2 is 1.70 bits per heavy atom. The molecule has 0 aromatic heterocycles. The van der Waals surface area contributed by atoms with Gasteiger partial charge in [-0.3, -0.25) is 9.52 Å². The van der Waals surface area contributed by atoms with Crippen LogP contribution in [-0.4, -0.2) is 39.1 Å². The molecule has 0 radical (unpaired) electrons. The van der Waals surface area contributed by atoms with E-state index in [9.17, 15) is 23.1 Å². The number of rotatable bonds is 9. The molecule has 0 aliphatic carbocycles. The van der Waals surface area contributed by atoms with Gasteiger partial charge in [0.2, 0.25) is 0 Å². The maximum Gasteiger partial charge on any atom is 0.337 e. The largest absolute Gasteiger partial charge is 0.497 e. The van der Waals surface area contributed by atoms with Crippen molar-refractivity contribution in [2.45, 2.75) is 11.3 Å². The van der Waals surface area contributed by atoms with Crippen LogP contribution in [0.2, 0.25) is 5.02 Å². The van der Waals surface area contributed by atoms with Crippen molar-refractivity contribution < 1.29 is 27.9 Å². The van der Waals surface area contributed by atoms with E-state index in [1.807, 2.05) is 24.3 Å². The number of amides is 1. The Balaban J connectivity index is 1.73. The highest BCUT2D eigenvalue weighted by molar-refractivity contribution is 7.92. The molecular formula is C23H21ClN2O6S. The van der Waals surface area contributed by atoms with Crippen LogP contribution in [0.3, 0.4) is 0 Å². The first kappa shape index (κ1) is 24.1. The number of sulfonamides is 1. The zero-order valence-electron chi connectivity index (χ0n) is 17.5. The molecule has 3 rings (SSSR count). The lowest BCUT2D eigenvalue weighted by atomic mass is 10.1. The molecule has 0 spiro atoms. The quantitative estimate of drug-likeness (QED) is 0.421. The monoisotopic (exact) mass is 488 g/mol. The minimum atomic E-state index is -4.18. The minimum Gasteiger partial charge on any atom is -0.497 e. The first-order chi connectivity index (χ1) is 15.7. The molecule has 0 heterocycles. The number of hydrogen-bond acceptors (Lipinski definition) is 5. The number of aromatic carboxylic acids is 1. The first-order valence-electron chi connectivity index (χ1n) is 9.77. The molecule has 0 saturated heterocycles. The average Bonchev–Trinajstić information content (AvgIpc) is 2.79. The molecule has 10 heteroatoms. The Bertz CT molecular complexity index is 1280. The van der Waals surface area contributed by atoms with Gasteiger partial charge in [0.15, 0.2) is 0 Å². The van der Waals surface area contributed by atoms with Crippen molar-refractivity contribution in [3.63, 3.8) is 0 Å². The molecule has 0 atom stereocenters. The van der Waals surface area contributed by atoms with E-state index >= 15 is 0 Å². The number of hydrogen-bond donors (Lipinski definition) is 3. The third kappa shape index (κ3) is 6.03. The molecule has 3 aromatic carbocycles. The second kappa shape index (κ2) is 10.4. The van der Waals surface area contributed by atoms with Gasteiger partial charge in [-0.05, 0) is 54.4 Å². The highest BCUT2D eigenvalue weighted by Gasteiger charge is 2.21. The number of carboxylic acids is 1. The van der Waals surface area contributed by atoms with Gasteiger partial charge in [-0.15, -0.1) is 0 Å². The van der Waals surface area contributed by atoms with Gasteiger partial charge in [-0.25, -0.2) is 13.2 Å². The fourth-order valence-electron chi connectivity index (χ4n) is 3.02. The van der Waals surface area contributed by atoms with E-state index in [-0.39, 0.29) is 26.7 Å². The second-order valence-electron chi connectivity index (χ2n) is 6.95. The predicted octanol–water partition coefficient (Wildman–Crippen LogP) is 3.82. The van der Waals surface area contributed by atoms with Gasteiger partial charge < -0.3 is 15.2 Å². The van der Waals surface area contributed by atoms with Crippen LogP contribution in [0.1, 0.15) is 26.3 Å². The molecule has 0 bridgehead atoms. The van der Waals surface area contributed by atoms with E-state index in [4.69, 9.17) is 16.3 Å². The summed E-state index contributed by atoms with van der Waals surface area (Å²) in [5.41, 5.74) is 0.848. The van der Waals surface area contributed by atoms with E-state index in [0.29, 0.717) is 13.0 Å². The lowest BCUT2D eigenvalue weighted by Gasteiger charge is -2.13. The van der Waals surface area contributed by atoms with Gasteiger partial charge in [0, 0.05) is 6.54 Å². The summed E-state index contributed by atoms with van der Waals surface area (Å²) >= 11 is 5.82. The summed E-state index contributed by atoms with van der Waals surface area (Å²) in [5, 5.41) is 11.9. The Morgan fingerprint density at radius 3 is 2.36 bits per heavy atom. The van der Waals surface area contributed by atoms with Gasteiger partial charge >= 0.3 is 5.97 Å². The molecular weight excluding hydrogens is 468 g/mol. The lowest BCUT2D eigenvalue weighted by Crippen LogP contribution is -2.27. The highest BCUT2D eigenvalue weighted by Crippen LogP contribution is 2.24. The molecule has 8 nitrogen and oxygen atoms in total. The van der Waals surface area contributed by atoms with Crippen LogP contribution in [0, 0.1) is 0 Å². The normalized spacial score (nSPS) is 11.0. The van der Waals surface area contributed by atoms with Crippen LogP contribution >= 0.6 is 11.6 Å². The minimum absolute atomic E-state index is 0.0614. The topological polar surface area (TPSA) is 122 Å². The Kier molecular flexibility index (Phi) is 7.57. The highest BCUT2D eigenvalue weighted by atomic mass is 35.5. The van der Waals surface area contributed by atoms with Crippen LogP contribution in [0.5, 0.6) is 5.75 Å². The summed E-state index contributed by atoms with van der Waals surface area (Å²) in [6, 6.07) is 16.9. The fraction of sp³-hybridized carbons (Fsp3) is 0.130. The molecule has 0 aliphatic heterocycles. The summed E-state index contributed by atoms with van der Waals surface area (Å²) < 4.78 is 33.1. The lowest BCUT2D eigenvalue weighted by molar-refractivity contribution is 0.0696. The number of methoxy groups -OCH3 is 1. The van der Waals surface area contributed by atoms with Crippen molar-refractivity contribution in [2.24, 2.45) is 0 Å². The van der Waals surface area contributed by atoms with Gasteiger partial charge in [0.25, 0.3) is 15.9 Å². The summed E-state index contributed by atoms with van der Waals surface area (Å²) in [6.07, 6.45) is 0.576. The van der Waals surface area contributed by atoms with E-state index in [1.165, 1.54) is 24.3 Å². The van der Waals surface area contributed by atoms with Crippen LogP contribution in [-0.2, 0) is 16.4 Å². The summed E-state index contributed by atoms with van der Waals surface area (Å²) in [4.78, 5) is 23.7. The van der Waals surface area contributed by atoms with Crippen molar-refractivity contribution in [3.8, 4) is 5.75 Å². The van der Waals surface area contributed by atoms with Gasteiger partial charge in [0.1, 0.15) is 5.75 Å². The zero-order chi connectivity index (χ0) is 24.0. The molecule has 3 aromatic rings. The van der Waals surface area contributed by atoms with Crippen molar-refractivity contribution in [1.82, 2.24) is 5.32 Å². The summed E-state index contributed by atoms with van der Waals surface area (Å²) in [7, 11) is -2.59. The summed E-state index contributed by atoms with van der Waals surface area (Å²) in [6.45, 7) is 0.339. The zero-order valence-corrected chi connectivity index (χ0v) is 19.1. The smallest absolute Gasteiger partial charge is 0.337 e. The van der Waals surface area contributed by atoms with E-state index in [2.05, 4.69) is 10.0 Å². The predicted molar refractivity (Wildman–Crippen MR) is 125 cm³/mol. The number of carbonyl (C=O) groups is 2. The molecule has 0 unspecified atom stereocenters. The first-order valence-corrected chi connectivity index (χ1v) is 11.6. The van der Waals surface area contributed by atoms with Gasteiger partial charge in [-0.1, -0.05) is 35.9 Å². The molecule has 0 fully saturated rings. The van der Waals surface area contributed by atoms with Gasteiger partial charge in [0.05, 0.1) is 33.8 Å². The number of para-hydroxylation sites is 1. The van der Waals surface area contributed by atoms with Crippen LogP contribution in [0.15, 0.2) is 71.6 Å². The molecule has 3 N–H and O–H groups in total. The molecule has 33 heavy (non-hydrogen) atoms. The number of benzene rings is 3. The number of anilines is 1. The number of halogens is 1. The van der Waals surface area contributed by atoms with E-state index < -0.39 is 21.9 Å². The van der Waals surface area contributed by atoms with Crippen molar-refractivity contribution in [2.75, 3.05) is 18.4 Å². The third-order valence-corrected chi connectivity index (χ3v) is 6.45. The molecule has 0 saturated carbocycles. The molecule has 0 aliphatic rings. The van der Waals surface area contributed by atoms with Crippen molar-refractivity contribution in [3.05, 3.63) is 88.4 Å². The van der Waals surface area contributed by atoms with Crippen molar-refractivity contribution >= 4 is 39.2 Å². The standard InChI is InChI=1S/C23H21ClN2O6S/c1-32-16-8-6-15(7-9-16)12-13-25-22(27)18-4-2-3-5-21(18)26-33(30,31)17-10-11-20(24)19(14-17)23(28)29/h2-11,14,26H,12-13H2,1H3,(H,25,27)(H,28,29). The van der Waals surface area contributed by atoms with Crippen molar-refractivity contribution in [1.29, 1.82) is 0 Å².